The van der Waals surface area contributed by atoms with E-state index in [1.807, 2.05) is 24.3 Å². The highest BCUT2D eigenvalue weighted by molar-refractivity contribution is 5.36. The van der Waals surface area contributed by atoms with Crippen LogP contribution in [0.5, 0.6) is 0 Å². The summed E-state index contributed by atoms with van der Waals surface area (Å²) in [6.45, 7) is 3.45. The molecule has 14 heavy (non-hydrogen) atoms. The number of ether oxygens (including phenoxy) is 1. The van der Waals surface area contributed by atoms with E-state index in [1.54, 1.807) is 0 Å². The fourth-order valence-electron chi connectivity index (χ4n) is 1.18. The summed E-state index contributed by atoms with van der Waals surface area (Å²) in [5.41, 5.74) is 1.69. The van der Waals surface area contributed by atoms with Crippen molar-refractivity contribution in [1.29, 1.82) is 5.26 Å². The van der Waals surface area contributed by atoms with Gasteiger partial charge in [-0.2, -0.15) is 5.26 Å². The van der Waals surface area contributed by atoms with Crippen molar-refractivity contribution in [2.24, 2.45) is 0 Å². The van der Waals surface area contributed by atoms with Crippen molar-refractivity contribution in [3.8, 4) is 6.07 Å². The summed E-state index contributed by atoms with van der Waals surface area (Å²) in [6.07, 6.45) is 2.22. The average Bonchev–Trinajstić information content (AvgIpc) is 2.25. The van der Waals surface area contributed by atoms with Crippen LogP contribution in [0.3, 0.4) is 0 Å². The van der Waals surface area contributed by atoms with Gasteiger partial charge in [-0.05, 0) is 18.1 Å². The van der Waals surface area contributed by atoms with E-state index in [4.69, 9.17) is 10.00 Å². The highest BCUT2D eigenvalue weighted by Crippen LogP contribution is 2.08. The monoisotopic (exact) mass is 189 g/mol. The summed E-state index contributed by atoms with van der Waals surface area (Å²) in [7, 11) is 0. The number of nitriles is 1. The van der Waals surface area contributed by atoms with Crippen molar-refractivity contribution >= 4 is 0 Å². The standard InChI is InChI=1S/C12H15NO/c1-2-3-8-14-10-12-7-5-4-6-11(12)9-13/h4-7H,2-3,8,10H2,1H3. The van der Waals surface area contributed by atoms with Gasteiger partial charge in [0, 0.05) is 6.61 Å². The Morgan fingerprint density at radius 2 is 2.14 bits per heavy atom. The van der Waals surface area contributed by atoms with Gasteiger partial charge in [0.05, 0.1) is 18.2 Å². The van der Waals surface area contributed by atoms with Gasteiger partial charge < -0.3 is 4.74 Å². The Labute approximate surface area is 85.1 Å². The van der Waals surface area contributed by atoms with Crippen LogP contribution in [0.4, 0.5) is 0 Å². The number of unbranched alkanes of at least 4 members (excludes halogenated alkanes) is 1. The van der Waals surface area contributed by atoms with Crippen molar-refractivity contribution in [2.75, 3.05) is 6.61 Å². The van der Waals surface area contributed by atoms with Gasteiger partial charge in [0.2, 0.25) is 0 Å². The number of benzene rings is 1. The Bertz CT molecular complexity index is 314. The SMILES string of the molecule is CCCCOCc1ccccc1C#N. The molecule has 0 atom stereocenters. The summed E-state index contributed by atoms with van der Waals surface area (Å²) >= 11 is 0. The molecule has 1 aromatic rings. The molecule has 0 bridgehead atoms. The first-order chi connectivity index (χ1) is 6.88. The first-order valence-electron chi connectivity index (χ1n) is 4.94. The van der Waals surface area contributed by atoms with E-state index in [2.05, 4.69) is 13.0 Å². The Morgan fingerprint density at radius 1 is 1.36 bits per heavy atom. The largest absolute Gasteiger partial charge is 0.377 e. The van der Waals surface area contributed by atoms with Crippen LogP contribution in [0.1, 0.15) is 30.9 Å². The Balaban J connectivity index is 2.46. The third-order valence-electron chi connectivity index (χ3n) is 2.04. The van der Waals surface area contributed by atoms with Crippen molar-refractivity contribution in [3.63, 3.8) is 0 Å². The fraction of sp³-hybridized carbons (Fsp3) is 0.417. The molecule has 0 saturated carbocycles. The topological polar surface area (TPSA) is 33.0 Å². The molecule has 0 aliphatic carbocycles. The van der Waals surface area contributed by atoms with Gasteiger partial charge in [0.15, 0.2) is 0 Å². The predicted molar refractivity (Wildman–Crippen MR) is 55.7 cm³/mol. The molecule has 0 spiro atoms. The molecule has 74 valence electrons. The van der Waals surface area contributed by atoms with Crippen molar-refractivity contribution in [3.05, 3.63) is 35.4 Å². The number of hydrogen-bond donors (Lipinski definition) is 0. The Morgan fingerprint density at radius 3 is 2.86 bits per heavy atom. The second-order valence-electron chi connectivity index (χ2n) is 3.18. The minimum atomic E-state index is 0.545. The van der Waals surface area contributed by atoms with E-state index < -0.39 is 0 Å². The van der Waals surface area contributed by atoms with Gasteiger partial charge in [-0.3, -0.25) is 0 Å². The molecule has 0 aromatic heterocycles. The van der Waals surface area contributed by atoms with Crippen LogP contribution in [0.2, 0.25) is 0 Å². The van der Waals surface area contributed by atoms with E-state index in [0.717, 1.165) is 25.0 Å². The molecule has 0 aliphatic rings. The lowest BCUT2D eigenvalue weighted by atomic mass is 10.1. The van der Waals surface area contributed by atoms with Gasteiger partial charge in [0.1, 0.15) is 0 Å². The smallest absolute Gasteiger partial charge is 0.0995 e. The molecule has 2 heteroatoms. The molecule has 2 nitrogen and oxygen atoms in total. The summed E-state index contributed by atoms with van der Waals surface area (Å²) in [5.74, 6) is 0. The zero-order valence-electron chi connectivity index (χ0n) is 8.49. The summed E-state index contributed by atoms with van der Waals surface area (Å²) in [6, 6.07) is 9.71. The lowest BCUT2D eigenvalue weighted by molar-refractivity contribution is 0.118. The Kier molecular flexibility index (Phi) is 4.74. The molecule has 0 fully saturated rings. The van der Waals surface area contributed by atoms with Crippen LogP contribution in [0, 0.1) is 11.3 Å². The summed E-state index contributed by atoms with van der Waals surface area (Å²) < 4.78 is 5.45. The van der Waals surface area contributed by atoms with E-state index in [9.17, 15) is 0 Å². The quantitative estimate of drug-likeness (QED) is 0.667. The highest BCUT2D eigenvalue weighted by Gasteiger charge is 1.99. The molecule has 0 amide bonds. The predicted octanol–water partition coefficient (Wildman–Crippen LogP) is 2.87. The van der Waals surface area contributed by atoms with Gasteiger partial charge in [-0.15, -0.1) is 0 Å². The summed E-state index contributed by atoms with van der Waals surface area (Å²) in [4.78, 5) is 0. The lowest BCUT2D eigenvalue weighted by Gasteiger charge is -2.04. The summed E-state index contributed by atoms with van der Waals surface area (Å²) in [5, 5.41) is 8.82. The first kappa shape index (κ1) is 10.7. The highest BCUT2D eigenvalue weighted by atomic mass is 16.5. The van der Waals surface area contributed by atoms with Gasteiger partial charge >= 0.3 is 0 Å². The van der Waals surface area contributed by atoms with Crippen LogP contribution in [-0.2, 0) is 11.3 Å². The van der Waals surface area contributed by atoms with E-state index in [-0.39, 0.29) is 0 Å². The van der Waals surface area contributed by atoms with Crippen LogP contribution >= 0.6 is 0 Å². The molecule has 1 aromatic carbocycles. The van der Waals surface area contributed by atoms with E-state index in [1.165, 1.54) is 0 Å². The minimum absolute atomic E-state index is 0.545. The molecule has 0 heterocycles. The number of rotatable bonds is 5. The molecule has 0 saturated heterocycles. The van der Waals surface area contributed by atoms with Crippen LogP contribution < -0.4 is 0 Å². The molecule has 0 radical (unpaired) electrons. The molecule has 1 rings (SSSR count). The third-order valence-corrected chi connectivity index (χ3v) is 2.04. The normalized spacial score (nSPS) is 9.71. The maximum atomic E-state index is 8.82. The maximum Gasteiger partial charge on any atom is 0.0995 e. The zero-order chi connectivity index (χ0) is 10.2. The van der Waals surface area contributed by atoms with Crippen molar-refractivity contribution in [2.45, 2.75) is 26.4 Å². The molecular weight excluding hydrogens is 174 g/mol. The zero-order valence-corrected chi connectivity index (χ0v) is 8.49. The fourth-order valence-corrected chi connectivity index (χ4v) is 1.18. The minimum Gasteiger partial charge on any atom is -0.377 e. The van der Waals surface area contributed by atoms with Gasteiger partial charge in [0.25, 0.3) is 0 Å². The second kappa shape index (κ2) is 6.17. The molecule has 0 N–H and O–H groups in total. The molecular formula is C12H15NO. The first-order valence-corrected chi connectivity index (χ1v) is 4.94. The van der Waals surface area contributed by atoms with Crippen LogP contribution in [-0.4, -0.2) is 6.61 Å². The van der Waals surface area contributed by atoms with E-state index in [0.29, 0.717) is 12.2 Å². The molecule has 0 unspecified atom stereocenters. The van der Waals surface area contributed by atoms with Gasteiger partial charge in [-0.25, -0.2) is 0 Å². The van der Waals surface area contributed by atoms with Gasteiger partial charge in [-0.1, -0.05) is 31.5 Å². The third kappa shape index (κ3) is 3.20. The lowest BCUT2D eigenvalue weighted by Crippen LogP contribution is -1.97. The van der Waals surface area contributed by atoms with Crippen molar-refractivity contribution < 1.29 is 4.74 Å². The van der Waals surface area contributed by atoms with E-state index >= 15 is 0 Å². The van der Waals surface area contributed by atoms with Crippen LogP contribution in [0.25, 0.3) is 0 Å². The van der Waals surface area contributed by atoms with Crippen molar-refractivity contribution in [1.82, 2.24) is 0 Å². The number of nitrogens with zero attached hydrogens (tertiary/aromatic N) is 1. The second-order valence-corrected chi connectivity index (χ2v) is 3.18. The molecule has 0 aliphatic heterocycles. The number of hydrogen-bond acceptors (Lipinski definition) is 2. The average molecular weight is 189 g/mol. The maximum absolute atomic E-state index is 8.82. The Hall–Kier alpha value is -1.33. The van der Waals surface area contributed by atoms with Crippen LogP contribution in [0.15, 0.2) is 24.3 Å².